The third kappa shape index (κ3) is 6.26. The number of ether oxygens (including phenoxy) is 1. The fraction of sp³-hybridized carbons (Fsp3) is 0.909. The lowest BCUT2D eigenvalue weighted by molar-refractivity contribution is -0.259. The summed E-state index contributed by atoms with van der Waals surface area (Å²) in [7, 11) is -7.36. The maximum absolute atomic E-state index is 13.2. The zero-order chi connectivity index (χ0) is 19.4. The minimum atomic E-state index is -6.68. The van der Waals surface area contributed by atoms with Gasteiger partial charge in [0.25, 0.3) is 6.10 Å². The van der Waals surface area contributed by atoms with Crippen LogP contribution < -0.4 is 0 Å². The van der Waals surface area contributed by atoms with Gasteiger partial charge in [-0.25, -0.2) is 8.42 Å². The van der Waals surface area contributed by atoms with Crippen LogP contribution in [-0.4, -0.2) is 51.9 Å². The van der Waals surface area contributed by atoms with Crippen LogP contribution in [0.2, 0.25) is 18.6 Å². The van der Waals surface area contributed by atoms with Gasteiger partial charge >= 0.3 is 17.4 Å². The van der Waals surface area contributed by atoms with Crippen molar-refractivity contribution < 1.29 is 48.9 Å². The van der Waals surface area contributed by atoms with E-state index in [1.165, 1.54) is 7.11 Å². The zero-order valence-corrected chi connectivity index (χ0v) is 15.0. The van der Waals surface area contributed by atoms with E-state index in [0.717, 1.165) is 0 Å². The summed E-state index contributed by atoms with van der Waals surface area (Å²) < 4.78 is 104. The highest BCUT2D eigenvalue weighted by Gasteiger charge is 2.62. The van der Waals surface area contributed by atoms with E-state index in [4.69, 9.17) is 4.43 Å². The lowest BCUT2D eigenvalue weighted by Gasteiger charge is -2.29. The van der Waals surface area contributed by atoms with Crippen molar-refractivity contribution >= 4 is 24.4 Å². The molecular formula is C11H18F5O6SSi-. The van der Waals surface area contributed by atoms with Crippen molar-refractivity contribution in [2.45, 2.75) is 55.9 Å². The van der Waals surface area contributed by atoms with Crippen molar-refractivity contribution in [3.8, 4) is 0 Å². The standard InChI is InChI=1S/C11H19F5O6SSi/c1-4-24(3,21-2)7-5-6-8(17)22-9(10(12,13)14)11(15,16)23(18,19)20/h9H,4-7H2,1-3H3,(H,18,19,20)/p-1. The molecule has 6 nitrogen and oxygen atoms in total. The number of hydrogen-bond acceptors (Lipinski definition) is 6. The van der Waals surface area contributed by atoms with Gasteiger partial charge in [0.2, 0.25) is 0 Å². The van der Waals surface area contributed by atoms with Gasteiger partial charge in [0.05, 0.1) is 0 Å². The summed E-state index contributed by atoms with van der Waals surface area (Å²) in [5.74, 6) is -1.68. The van der Waals surface area contributed by atoms with Crippen molar-refractivity contribution in [2.75, 3.05) is 7.11 Å². The summed E-state index contributed by atoms with van der Waals surface area (Å²) in [4.78, 5) is 11.4. The second-order valence-electron chi connectivity index (χ2n) is 5.29. The molecule has 0 heterocycles. The molecule has 24 heavy (non-hydrogen) atoms. The predicted octanol–water partition coefficient (Wildman–Crippen LogP) is 2.62. The number of halogens is 5. The largest absolute Gasteiger partial charge is 0.743 e. The Morgan fingerprint density at radius 1 is 1.25 bits per heavy atom. The van der Waals surface area contributed by atoms with Crippen LogP contribution >= 0.6 is 0 Å². The maximum Gasteiger partial charge on any atom is 0.432 e. The highest BCUT2D eigenvalue weighted by Crippen LogP contribution is 2.38. The summed E-state index contributed by atoms with van der Waals surface area (Å²) in [6, 6.07) is 1.03. The zero-order valence-electron chi connectivity index (χ0n) is 13.2. The second-order valence-corrected chi connectivity index (χ2v) is 11.3. The van der Waals surface area contributed by atoms with Crippen LogP contribution in [0.3, 0.4) is 0 Å². The van der Waals surface area contributed by atoms with Crippen molar-refractivity contribution in [2.24, 2.45) is 0 Å². The van der Waals surface area contributed by atoms with Crippen LogP contribution in [0.25, 0.3) is 0 Å². The van der Waals surface area contributed by atoms with Gasteiger partial charge in [0.15, 0.2) is 18.4 Å². The monoisotopic (exact) mass is 401 g/mol. The molecule has 2 unspecified atom stereocenters. The number of rotatable bonds is 9. The van der Waals surface area contributed by atoms with E-state index in [0.29, 0.717) is 12.1 Å². The van der Waals surface area contributed by atoms with Crippen molar-refractivity contribution in [3.63, 3.8) is 0 Å². The van der Waals surface area contributed by atoms with E-state index < -0.39 is 48.4 Å². The molecule has 0 bridgehead atoms. The molecule has 0 aliphatic carbocycles. The van der Waals surface area contributed by atoms with E-state index in [9.17, 15) is 39.7 Å². The van der Waals surface area contributed by atoms with E-state index in [1.807, 2.05) is 13.5 Å². The topological polar surface area (TPSA) is 92.7 Å². The molecule has 0 radical (unpaired) electrons. The Bertz CT molecular complexity index is 532. The normalized spacial score (nSPS) is 17.2. The van der Waals surface area contributed by atoms with Gasteiger partial charge in [-0.2, -0.15) is 22.0 Å². The first-order chi connectivity index (χ1) is 10.6. The van der Waals surface area contributed by atoms with E-state index >= 15 is 0 Å². The highest BCUT2D eigenvalue weighted by molar-refractivity contribution is 7.86. The van der Waals surface area contributed by atoms with Crippen LogP contribution in [0, 0.1) is 0 Å². The SMILES string of the molecule is CC[Si](C)(CCCC(=O)OC(C(F)(F)F)C(F)(F)S(=O)(=O)[O-])OC. The molecular weight excluding hydrogens is 383 g/mol. The van der Waals surface area contributed by atoms with Gasteiger partial charge in [0, 0.05) is 13.5 Å². The fourth-order valence-electron chi connectivity index (χ4n) is 1.68. The molecule has 2 atom stereocenters. The van der Waals surface area contributed by atoms with Gasteiger partial charge in [-0.15, -0.1) is 0 Å². The molecule has 0 saturated heterocycles. The Morgan fingerprint density at radius 3 is 2.08 bits per heavy atom. The number of esters is 1. The number of carbonyl (C=O) groups is 1. The summed E-state index contributed by atoms with van der Waals surface area (Å²) in [5.41, 5.74) is 0. The second kappa shape index (κ2) is 8.06. The summed E-state index contributed by atoms with van der Waals surface area (Å²) >= 11 is 0. The average molecular weight is 401 g/mol. The van der Waals surface area contributed by atoms with Crippen LogP contribution in [-0.2, 0) is 24.1 Å². The molecule has 0 N–H and O–H groups in total. The Balaban J connectivity index is 5.00. The first-order valence-corrected chi connectivity index (χ1v) is 11.0. The quantitative estimate of drug-likeness (QED) is 0.255. The summed E-state index contributed by atoms with van der Waals surface area (Å²) in [6.45, 7) is 3.64. The van der Waals surface area contributed by atoms with Gasteiger partial charge in [-0.05, 0) is 25.1 Å². The summed E-state index contributed by atoms with van der Waals surface area (Å²) in [6.07, 6.45) is -10.9. The number of alkyl halides is 5. The van der Waals surface area contributed by atoms with E-state index in [1.54, 1.807) is 0 Å². The molecule has 0 aromatic carbocycles. The smallest absolute Gasteiger partial charge is 0.432 e. The Morgan fingerprint density at radius 2 is 1.75 bits per heavy atom. The molecule has 0 aromatic heterocycles. The molecule has 144 valence electrons. The van der Waals surface area contributed by atoms with Crippen LogP contribution in [0.5, 0.6) is 0 Å². The minimum Gasteiger partial charge on any atom is -0.743 e. The maximum atomic E-state index is 13.2. The van der Waals surface area contributed by atoms with Crippen molar-refractivity contribution in [1.82, 2.24) is 0 Å². The molecule has 0 aromatic rings. The first-order valence-electron chi connectivity index (χ1n) is 6.75. The first kappa shape index (κ1) is 23.2. The lowest BCUT2D eigenvalue weighted by Crippen LogP contribution is -2.52. The van der Waals surface area contributed by atoms with Crippen molar-refractivity contribution in [3.05, 3.63) is 0 Å². The van der Waals surface area contributed by atoms with Gasteiger partial charge in [-0.1, -0.05) is 6.92 Å². The third-order valence-electron chi connectivity index (χ3n) is 3.51. The molecule has 0 spiro atoms. The molecule has 0 saturated carbocycles. The fourth-order valence-corrected chi connectivity index (χ4v) is 3.89. The minimum absolute atomic E-state index is 0.0174. The molecule has 0 fully saturated rings. The lowest BCUT2D eigenvalue weighted by atomic mass is 10.3. The van der Waals surface area contributed by atoms with Crippen LogP contribution in [0.1, 0.15) is 19.8 Å². The molecule has 13 heteroatoms. The number of carbonyl (C=O) groups excluding carboxylic acids is 1. The Kier molecular flexibility index (Phi) is 7.79. The van der Waals surface area contributed by atoms with Gasteiger partial charge in [0.1, 0.15) is 0 Å². The Hall–Kier alpha value is -0.793. The van der Waals surface area contributed by atoms with E-state index in [2.05, 4.69) is 4.74 Å². The molecule has 0 aliphatic rings. The van der Waals surface area contributed by atoms with Crippen molar-refractivity contribution in [1.29, 1.82) is 0 Å². The average Bonchev–Trinajstić information content (AvgIpc) is 2.41. The highest BCUT2D eigenvalue weighted by atomic mass is 32.2. The summed E-state index contributed by atoms with van der Waals surface area (Å²) in [5, 5.41) is -5.82. The van der Waals surface area contributed by atoms with E-state index in [-0.39, 0.29) is 6.42 Å². The third-order valence-corrected chi connectivity index (χ3v) is 8.29. The van der Waals surface area contributed by atoms with Gasteiger partial charge in [-0.3, -0.25) is 4.79 Å². The molecule has 0 aliphatic heterocycles. The van der Waals surface area contributed by atoms with Gasteiger partial charge < -0.3 is 13.7 Å². The van der Waals surface area contributed by atoms with Crippen LogP contribution in [0.15, 0.2) is 0 Å². The van der Waals surface area contributed by atoms with Crippen LogP contribution in [0.4, 0.5) is 22.0 Å². The Labute approximate surface area is 137 Å². The number of hydrogen-bond donors (Lipinski definition) is 0. The molecule has 0 amide bonds. The predicted molar refractivity (Wildman–Crippen MR) is 73.7 cm³/mol. The molecule has 0 rings (SSSR count).